The zero-order valence-corrected chi connectivity index (χ0v) is 17.9. The summed E-state index contributed by atoms with van der Waals surface area (Å²) in [4.78, 5) is 13.5. The van der Waals surface area contributed by atoms with Gasteiger partial charge >= 0.3 is 0 Å². The molecular formula is C25H20ClN5. The maximum atomic E-state index is 6.15. The largest absolute Gasteiger partial charge is 0.357 e. The van der Waals surface area contributed by atoms with Gasteiger partial charge in [0.25, 0.3) is 0 Å². The Morgan fingerprint density at radius 3 is 2.65 bits per heavy atom. The number of halogens is 1. The van der Waals surface area contributed by atoms with Crippen molar-refractivity contribution in [3.8, 4) is 11.1 Å². The van der Waals surface area contributed by atoms with Crippen LogP contribution in [0, 0.1) is 6.92 Å². The number of rotatable bonds is 4. The van der Waals surface area contributed by atoms with E-state index >= 15 is 0 Å². The summed E-state index contributed by atoms with van der Waals surface area (Å²) < 4.78 is 0. The van der Waals surface area contributed by atoms with Crippen LogP contribution in [0.5, 0.6) is 0 Å². The third-order valence-corrected chi connectivity index (χ3v) is 5.57. The molecule has 0 aliphatic heterocycles. The van der Waals surface area contributed by atoms with Crippen LogP contribution in [0.4, 0.5) is 17.5 Å². The van der Waals surface area contributed by atoms with E-state index in [1.807, 2.05) is 49.8 Å². The molecule has 6 heteroatoms. The van der Waals surface area contributed by atoms with Gasteiger partial charge in [-0.2, -0.15) is 0 Å². The second-order valence-electron chi connectivity index (χ2n) is 7.36. The Morgan fingerprint density at radius 1 is 0.903 bits per heavy atom. The highest BCUT2D eigenvalue weighted by molar-refractivity contribution is 6.30. The Labute approximate surface area is 185 Å². The number of anilines is 3. The highest BCUT2D eigenvalue weighted by Crippen LogP contribution is 2.36. The molecule has 2 heterocycles. The molecule has 0 aliphatic rings. The topological polar surface area (TPSA) is 62.7 Å². The third kappa shape index (κ3) is 3.64. The number of aryl methyl sites for hydroxylation is 1. The summed E-state index contributed by atoms with van der Waals surface area (Å²) >= 11 is 6.15. The van der Waals surface area contributed by atoms with Crippen LogP contribution >= 0.6 is 11.6 Å². The molecular weight excluding hydrogens is 406 g/mol. The lowest BCUT2D eigenvalue weighted by Gasteiger charge is -2.15. The molecule has 2 aromatic heterocycles. The van der Waals surface area contributed by atoms with Crippen molar-refractivity contribution in [3.05, 3.63) is 83.6 Å². The molecule has 31 heavy (non-hydrogen) atoms. The number of hydrogen-bond donors (Lipinski definition) is 2. The smallest absolute Gasteiger partial charge is 0.222 e. The van der Waals surface area contributed by atoms with Gasteiger partial charge in [0.05, 0.1) is 5.52 Å². The molecule has 5 aromatic rings. The maximum Gasteiger partial charge on any atom is 0.222 e. The zero-order valence-electron chi connectivity index (χ0n) is 17.1. The Kier molecular flexibility index (Phi) is 4.88. The summed E-state index contributed by atoms with van der Waals surface area (Å²) in [5.41, 5.74) is 5.30. The minimum absolute atomic E-state index is 0.615. The number of aromatic nitrogens is 3. The molecule has 0 aliphatic carbocycles. The van der Waals surface area contributed by atoms with Gasteiger partial charge in [-0.3, -0.25) is 0 Å². The fourth-order valence-corrected chi connectivity index (χ4v) is 4.05. The van der Waals surface area contributed by atoms with Crippen molar-refractivity contribution in [1.29, 1.82) is 0 Å². The number of fused-ring (bicyclic) bond motifs is 2. The van der Waals surface area contributed by atoms with Crippen molar-refractivity contribution in [1.82, 2.24) is 15.0 Å². The molecule has 152 valence electrons. The van der Waals surface area contributed by atoms with Gasteiger partial charge in [-0.25, -0.2) is 15.0 Å². The Morgan fingerprint density at radius 2 is 1.81 bits per heavy atom. The summed E-state index contributed by atoms with van der Waals surface area (Å²) in [7, 11) is 1.82. The first-order valence-corrected chi connectivity index (χ1v) is 10.4. The molecule has 0 spiro atoms. The van der Waals surface area contributed by atoms with Gasteiger partial charge in [0.15, 0.2) is 0 Å². The average Bonchev–Trinajstić information content (AvgIpc) is 2.78. The van der Waals surface area contributed by atoms with Crippen LogP contribution < -0.4 is 10.6 Å². The van der Waals surface area contributed by atoms with Crippen LogP contribution in [-0.2, 0) is 0 Å². The highest BCUT2D eigenvalue weighted by Gasteiger charge is 2.12. The van der Waals surface area contributed by atoms with E-state index in [-0.39, 0.29) is 0 Å². The first-order valence-electron chi connectivity index (χ1n) is 9.98. The molecule has 2 N–H and O–H groups in total. The molecule has 5 nitrogen and oxygen atoms in total. The van der Waals surface area contributed by atoms with Crippen molar-refractivity contribution in [2.24, 2.45) is 0 Å². The van der Waals surface area contributed by atoms with Crippen LogP contribution in [-0.4, -0.2) is 22.0 Å². The van der Waals surface area contributed by atoms with Gasteiger partial charge in [-0.1, -0.05) is 35.9 Å². The lowest BCUT2D eigenvalue weighted by molar-refractivity contribution is 1.19. The van der Waals surface area contributed by atoms with Gasteiger partial charge in [0.2, 0.25) is 5.95 Å². The molecule has 0 saturated carbocycles. The predicted octanol–water partition coefficient (Wildman–Crippen LogP) is 6.59. The summed E-state index contributed by atoms with van der Waals surface area (Å²) in [6.45, 7) is 2.13. The van der Waals surface area contributed by atoms with Crippen molar-refractivity contribution in [2.75, 3.05) is 17.7 Å². The third-order valence-electron chi connectivity index (χ3n) is 5.33. The Balaban J connectivity index is 1.65. The van der Waals surface area contributed by atoms with Crippen LogP contribution in [0.3, 0.4) is 0 Å². The second kappa shape index (κ2) is 7.85. The monoisotopic (exact) mass is 425 g/mol. The molecule has 0 amide bonds. The summed E-state index contributed by atoms with van der Waals surface area (Å²) in [6.07, 6.45) is 3.69. The van der Waals surface area contributed by atoms with Crippen molar-refractivity contribution in [2.45, 2.75) is 6.92 Å². The van der Waals surface area contributed by atoms with E-state index in [1.165, 1.54) is 11.1 Å². The lowest BCUT2D eigenvalue weighted by atomic mass is 9.94. The zero-order chi connectivity index (χ0) is 21.4. The fourth-order valence-electron chi connectivity index (χ4n) is 3.86. The molecule has 3 aromatic carbocycles. The van der Waals surface area contributed by atoms with E-state index in [0.717, 1.165) is 38.7 Å². The van der Waals surface area contributed by atoms with Crippen molar-refractivity contribution in [3.63, 3.8) is 0 Å². The van der Waals surface area contributed by atoms with Gasteiger partial charge in [0.1, 0.15) is 5.82 Å². The van der Waals surface area contributed by atoms with E-state index in [0.29, 0.717) is 11.0 Å². The minimum atomic E-state index is 0.615. The summed E-state index contributed by atoms with van der Waals surface area (Å²) in [5.74, 6) is 1.41. The van der Waals surface area contributed by atoms with E-state index in [9.17, 15) is 0 Å². The van der Waals surface area contributed by atoms with Crippen LogP contribution in [0.15, 0.2) is 73.1 Å². The minimum Gasteiger partial charge on any atom is -0.357 e. The molecule has 0 saturated heterocycles. The van der Waals surface area contributed by atoms with Gasteiger partial charge < -0.3 is 10.6 Å². The Hall–Kier alpha value is -3.70. The van der Waals surface area contributed by atoms with Crippen LogP contribution in [0.2, 0.25) is 5.02 Å². The number of nitrogens with zero attached hydrogens (tertiary/aromatic N) is 3. The van der Waals surface area contributed by atoms with Gasteiger partial charge in [-0.15, -0.1) is 0 Å². The average molecular weight is 426 g/mol. The van der Waals surface area contributed by atoms with Crippen LogP contribution in [0.25, 0.3) is 32.8 Å². The molecule has 0 atom stereocenters. The quantitative estimate of drug-likeness (QED) is 0.340. The highest BCUT2D eigenvalue weighted by atomic mass is 35.5. The summed E-state index contributed by atoms with van der Waals surface area (Å²) in [5, 5.41) is 10.2. The van der Waals surface area contributed by atoms with Crippen LogP contribution in [0.1, 0.15) is 5.56 Å². The lowest BCUT2D eigenvalue weighted by Crippen LogP contribution is -1.97. The second-order valence-corrected chi connectivity index (χ2v) is 7.80. The van der Waals surface area contributed by atoms with Crippen molar-refractivity contribution >= 4 is 50.7 Å². The van der Waals surface area contributed by atoms with Crippen molar-refractivity contribution < 1.29 is 0 Å². The number of nitrogens with one attached hydrogen (secondary N) is 2. The van der Waals surface area contributed by atoms with E-state index < -0.39 is 0 Å². The normalized spacial score (nSPS) is 11.1. The first-order chi connectivity index (χ1) is 15.1. The molecule has 0 unspecified atom stereocenters. The van der Waals surface area contributed by atoms with Gasteiger partial charge in [-0.05, 0) is 65.4 Å². The molecule has 5 rings (SSSR count). The molecule has 0 radical (unpaired) electrons. The maximum absolute atomic E-state index is 6.15. The SMILES string of the molecule is CNc1ncc2cc(-c3c(C)ccc4c(Nc5cccc(Cl)c5)nccc34)ccc2n1. The predicted molar refractivity (Wildman–Crippen MR) is 129 cm³/mol. The molecule has 0 bridgehead atoms. The Bertz CT molecular complexity index is 1430. The standard InChI is InChI=1S/C25H20ClN5/c1-15-6-8-21-20(10-11-28-24(21)30-19-5-3-4-18(26)13-19)23(15)16-7-9-22-17(12-16)14-29-25(27-2)31-22/h3-14H,1-2H3,(H,28,30)(H,27,29,31). The molecule has 0 fully saturated rings. The number of hydrogen-bond acceptors (Lipinski definition) is 5. The summed E-state index contributed by atoms with van der Waals surface area (Å²) in [6, 6.07) is 20.2. The van der Waals surface area contributed by atoms with E-state index in [4.69, 9.17) is 11.6 Å². The van der Waals surface area contributed by atoms with E-state index in [1.54, 1.807) is 0 Å². The number of pyridine rings is 1. The van der Waals surface area contributed by atoms with E-state index in [2.05, 4.69) is 62.8 Å². The fraction of sp³-hybridized carbons (Fsp3) is 0.0800. The van der Waals surface area contributed by atoms with Gasteiger partial charge in [0, 0.05) is 40.9 Å². The number of benzene rings is 3. The first kappa shape index (κ1) is 19.3.